The van der Waals surface area contributed by atoms with Gasteiger partial charge in [0.05, 0.1) is 0 Å². The molecule has 0 fully saturated rings. The average Bonchev–Trinajstić information content (AvgIpc) is 2.27. The van der Waals surface area contributed by atoms with Crippen LogP contribution in [0.25, 0.3) is 11.1 Å². The molecule has 2 aromatic carbocycles. The summed E-state index contributed by atoms with van der Waals surface area (Å²) in [5, 5.41) is 2.81. The van der Waals surface area contributed by atoms with Gasteiger partial charge in [0.25, 0.3) is 0 Å². The molecular formula is C16H17NO. The number of aryl methyl sites for hydroxylation is 2. The van der Waals surface area contributed by atoms with Crippen molar-refractivity contribution in [3.05, 3.63) is 53.6 Å². The van der Waals surface area contributed by atoms with Crippen molar-refractivity contribution >= 4 is 11.6 Å². The second-order valence-electron chi connectivity index (χ2n) is 4.64. The molecule has 0 unspecified atom stereocenters. The van der Waals surface area contributed by atoms with E-state index in [0.717, 1.165) is 11.3 Å². The van der Waals surface area contributed by atoms with Gasteiger partial charge in [0.15, 0.2) is 0 Å². The molecule has 0 aliphatic heterocycles. The molecule has 2 heteroatoms. The third-order valence-electron chi connectivity index (χ3n) is 2.74. The van der Waals surface area contributed by atoms with Gasteiger partial charge in [0.2, 0.25) is 5.91 Å². The molecule has 0 saturated carbocycles. The van der Waals surface area contributed by atoms with Crippen LogP contribution in [0, 0.1) is 13.8 Å². The molecule has 18 heavy (non-hydrogen) atoms. The zero-order chi connectivity index (χ0) is 13.1. The van der Waals surface area contributed by atoms with Crippen molar-refractivity contribution < 1.29 is 4.79 Å². The van der Waals surface area contributed by atoms with Crippen molar-refractivity contribution in [1.29, 1.82) is 0 Å². The van der Waals surface area contributed by atoms with E-state index in [-0.39, 0.29) is 5.91 Å². The van der Waals surface area contributed by atoms with E-state index in [1.165, 1.54) is 23.6 Å². The third kappa shape index (κ3) is 2.98. The van der Waals surface area contributed by atoms with E-state index in [9.17, 15) is 4.79 Å². The van der Waals surface area contributed by atoms with Crippen LogP contribution < -0.4 is 5.32 Å². The van der Waals surface area contributed by atoms with Crippen LogP contribution in [0.2, 0.25) is 0 Å². The van der Waals surface area contributed by atoms with Crippen LogP contribution in [0.5, 0.6) is 0 Å². The van der Waals surface area contributed by atoms with Crippen LogP contribution >= 0.6 is 0 Å². The lowest BCUT2D eigenvalue weighted by Crippen LogP contribution is -2.05. The maximum absolute atomic E-state index is 11.1. The molecule has 0 aliphatic rings. The smallest absolute Gasteiger partial charge is 0.221 e. The predicted molar refractivity (Wildman–Crippen MR) is 75.7 cm³/mol. The van der Waals surface area contributed by atoms with Crippen molar-refractivity contribution in [3.8, 4) is 11.1 Å². The van der Waals surface area contributed by atoms with E-state index in [1.807, 2.05) is 18.2 Å². The molecule has 0 radical (unpaired) electrons. The van der Waals surface area contributed by atoms with Gasteiger partial charge in [-0.25, -0.2) is 0 Å². The maximum Gasteiger partial charge on any atom is 0.221 e. The van der Waals surface area contributed by atoms with Crippen LogP contribution in [0.1, 0.15) is 18.1 Å². The van der Waals surface area contributed by atoms with E-state index >= 15 is 0 Å². The lowest BCUT2D eigenvalue weighted by Gasteiger charge is -2.08. The zero-order valence-corrected chi connectivity index (χ0v) is 10.9. The Hall–Kier alpha value is -2.09. The van der Waals surface area contributed by atoms with Gasteiger partial charge in [-0.3, -0.25) is 4.79 Å². The van der Waals surface area contributed by atoms with Gasteiger partial charge in [-0.05, 0) is 37.1 Å². The Kier molecular flexibility index (Phi) is 3.47. The first-order valence-corrected chi connectivity index (χ1v) is 6.01. The Morgan fingerprint density at radius 3 is 2.22 bits per heavy atom. The molecule has 1 N–H and O–H groups in total. The molecule has 0 bridgehead atoms. The first kappa shape index (κ1) is 12.4. The van der Waals surface area contributed by atoms with Crippen LogP contribution in [-0.4, -0.2) is 5.91 Å². The highest BCUT2D eigenvalue weighted by Gasteiger charge is 2.02. The molecule has 2 nitrogen and oxygen atoms in total. The number of carbonyl (C=O) groups is 1. The number of nitrogens with one attached hydrogen (secondary N) is 1. The second-order valence-corrected chi connectivity index (χ2v) is 4.64. The summed E-state index contributed by atoms with van der Waals surface area (Å²) in [5.41, 5.74) is 5.62. The molecule has 0 spiro atoms. The Morgan fingerprint density at radius 1 is 0.944 bits per heavy atom. The lowest BCUT2D eigenvalue weighted by molar-refractivity contribution is -0.114. The van der Waals surface area contributed by atoms with Gasteiger partial charge in [-0.1, -0.05) is 41.5 Å². The van der Waals surface area contributed by atoms with Crippen LogP contribution in [-0.2, 0) is 4.79 Å². The van der Waals surface area contributed by atoms with Crippen LogP contribution in [0.3, 0.4) is 0 Å². The second kappa shape index (κ2) is 5.05. The first-order valence-electron chi connectivity index (χ1n) is 6.01. The van der Waals surface area contributed by atoms with E-state index in [2.05, 4.69) is 43.4 Å². The van der Waals surface area contributed by atoms with Crippen molar-refractivity contribution in [3.63, 3.8) is 0 Å². The lowest BCUT2D eigenvalue weighted by atomic mass is 10.0. The molecule has 0 heterocycles. The summed E-state index contributed by atoms with van der Waals surface area (Å²) in [5.74, 6) is -0.0485. The standard InChI is InChI=1S/C16H17NO/c1-11-7-12(2)9-15(8-11)14-5-4-6-16(10-14)17-13(3)18/h4-10H,1-3H3,(H,17,18). The molecule has 0 atom stereocenters. The third-order valence-corrected chi connectivity index (χ3v) is 2.74. The summed E-state index contributed by atoms with van der Waals surface area (Å²) < 4.78 is 0. The van der Waals surface area contributed by atoms with Gasteiger partial charge in [-0.15, -0.1) is 0 Å². The molecule has 92 valence electrons. The molecule has 1 amide bonds. The highest BCUT2D eigenvalue weighted by atomic mass is 16.1. The fourth-order valence-electron chi connectivity index (χ4n) is 2.12. The minimum Gasteiger partial charge on any atom is -0.326 e. The van der Waals surface area contributed by atoms with Gasteiger partial charge < -0.3 is 5.32 Å². The fraction of sp³-hybridized carbons (Fsp3) is 0.188. The van der Waals surface area contributed by atoms with Crippen molar-refractivity contribution in [2.24, 2.45) is 0 Å². The molecule has 0 saturated heterocycles. The topological polar surface area (TPSA) is 29.1 Å². The van der Waals surface area contributed by atoms with Gasteiger partial charge in [-0.2, -0.15) is 0 Å². The maximum atomic E-state index is 11.1. The SMILES string of the molecule is CC(=O)Nc1cccc(-c2cc(C)cc(C)c2)c1. The number of hydrogen-bond acceptors (Lipinski definition) is 1. The molecule has 2 aromatic rings. The Balaban J connectivity index is 2.41. The highest BCUT2D eigenvalue weighted by Crippen LogP contribution is 2.24. The quantitative estimate of drug-likeness (QED) is 0.845. The Labute approximate surface area is 108 Å². The monoisotopic (exact) mass is 239 g/mol. The largest absolute Gasteiger partial charge is 0.326 e. The van der Waals surface area contributed by atoms with E-state index in [4.69, 9.17) is 0 Å². The number of rotatable bonds is 2. The Morgan fingerprint density at radius 2 is 1.61 bits per heavy atom. The summed E-state index contributed by atoms with van der Waals surface area (Å²) in [4.78, 5) is 11.1. The van der Waals surface area contributed by atoms with E-state index < -0.39 is 0 Å². The number of amides is 1. The van der Waals surface area contributed by atoms with Gasteiger partial charge >= 0.3 is 0 Å². The Bertz CT molecular complexity index is 567. The highest BCUT2D eigenvalue weighted by molar-refractivity contribution is 5.89. The molecule has 0 aliphatic carbocycles. The number of anilines is 1. The number of hydrogen-bond donors (Lipinski definition) is 1. The minimum atomic E-state index is -0.0485. The summed E-state index contributed by atoms with van der Waals surface area (Å²) in [6.07, 6.45) is 0. The molecule has 2 rings (SSSR count). The van der Waals surface area contributed by atoms with Crippen molar-refractivity contribution in [2.45, 2.75) is 20.8 Å². The summed E-state index contributed by atoms with van der Waals surface area (Å²) in [7, 11) is 0. The van der Waals surface area contributed by atoms with E-state index in [1.54, 1.807) is 0 Å². The van der Waals surface area contributed by atoms with Crippen LogP contribution in [0.15, 0.2) is 42.5 Å². The van der Waals surface area contributed by atoms with Crippen molar-refractivity contribution in [2.75, 3.05) is 5.32 Å². The summed E-state index contributed by atoms with van der Waals surface area (Å²) in [6, 6.07) is 14.4. The number of benzene rings is 2. The molecular weight excluding hydrogens is 222 g/mol. The van der Waals surface area contributed by atoms with Gasteiger partial charge in [0, 0.05) is 12.6 Å². The molecule has 0 aromatic heterocycles. The van der Waals surface area contributed by atoms with Crippen LogP contribution in [0.4, 0.5) is 5.69 Å². The normalized spacial score (nSPS) is 10.2. The number of carbonyl (C=O) groups excluding carboxylic acids is 1. The summed E-state index contributed by atoms with van der Waals surface area (Å²) >= 11 is 0. The fourth-order valence-corrected chi connectivity index (χ4v) is 2.12. The van der Waals surface area contributed by atoms with E-state index in [0.29, 0.717) is 0 Å². The first-order chi connectivity index (χ1) is 8.54. The minimum absolute atomic E-state index is 0.0485. The zero-order valence-electron chi connectivity index (χ0n) is 10.9. The predicted octanol–water partition coefficient (Wildman–Crippen LogP) is 3.93. The van der Waals surface area contributed by atoms with Gasteiger partial charge in [0.1, 0.15) is 0 Å². The van der Waals surface area contributed by atoms with Crippen molar-refractivity contribution in [1.82, 2.24) is 0 Å². The average molecular weight is 239 g/mol. The summed E-state index contributed by atoms with van der Waals surface area (Å²) in [6.45, 7) is 5.70.